The molecule has 0 bridgehead atoms. The van der Waals surface area contributed by atoms with Gasteiger partial charge in [0.05, 0.1) is 10.6 Å². The summed E-state index contributed by atoms with van der Waals surface area (Å²) in [6, 6.07) is 1.52. The molecule has 0 unspecified atom stereocenters. The van der Waals surface area contributed by atoms with Crippen LogP contribution in [0.3, 0.4) is 0 Å². The summed E-state index contributed by atoms with van der Waals surface area (Å²) >= 11 is 11.5. The maximum atomic E-state index is 11.9. The highest BCUT2D eigenvalue weighted by Crippen LogP contribution is 2.19. The van der Waals surface area contributed by atoms with Crippen LogP contribution in [0, 0.1) is 0 Å². The van der Waals surface area contributed by atoms with Gasteiger partial charge in [-0.2, -0.15) is 0 Å². The molecule has 4 nitrogen and oxygen atoms in total. The SMILES string of the molecule is O=C(NN1CCCCC1)c1cnc(Cl)c(Cl)c1. The van der Waals surface area contributed by atoms with Crippen molar-refractivity contribution >= 4 is 29.1 Å². The van der Waals surface area contributed by atoms with Gasteiger partial charge in [0.1, 0.15) is 5.15 Å². The first-order chi connectivity index (χ1) is 8.16. The lowest BCUT2D eigenvalue weighted by Gasteiger charge is -2.26. The molecule has 0 atom stereocenters. The third-order valence-electron chi connectivity index (χ3n) is 2.67. The van der Waals surface area contributed by atoms with Crippen molar-refractivity contribution in [1.29, 1.82) is 0 Å². The second kappa shape index (κ2) is 5.67. The second-order valence-corrected chi connectivity index (χ2v) is 4.75. The normalized spacial score (nSPS) is 16.8. The Balaban J connectivity index is 2.01. The Hall–Kier alpha value is -0.840. The number of amides is 1. The molecule has 1 fully saturated rings. The number of nitrogens with one attached hydrogen (secondary N) is 1. The lowest BCUT2D eigenvalue weighted by Crippen LogP contribution is -2.45. The smallest absolute Gasteiger partial charge is 0.267 e. The van der Waals surface area contributed by atoms with Gasteiger partial charge in [-0.05, 0) is 18.9 Å². The molecule has 0 saturated carbocycles. The summed E-state index contributed by atoms with van der Waals surface area (Å²) in [5, 5.41) is 2.42. The average Bonchev–Trinajstić information content (AvgIpc) is 2.34. The van der Waals surface area contributed by atoms with E-state index < -0.39 is 0 Å². The standard InChI is InChI=1S/C11H13Cl2N3O/c12-9-6-8(7-14-10(9)13)11(17)15-16-4-2-1-3-5-16/h6-7H,1-5H2,(H,15,17). The Morgan fingerprint density at radius 3 is 2.65 bits per heavy atom. The van der Waals surface area contributed by atoms with E-state index in [1.807, 2.05) is 5.01 Å². The van der Waals surface area contributed by atoms with E-state index in [-0.39, 0.29) is 16.1 Å². The van der Waals surface area contributed by atoms with E-state index in [9.17, 15) is 4.79 Å². The summed E-state index contributed by atoms with van der Waals surface area (Å²) in [5.41, 5.74) is 3.26. The van der Waals surface area contributed by atoms with Crippen LogP contribution in [-0.2, 0) is 0 Å². The van der Waals surface area contributed by atoms with E-state index in [1.165, 1.54) is 18.7 Å². The number of rotatable bonds is 2. The number of piperidine rings is 1. The third-order valence-corrected chi connectivity index (χ3v) is 3.36. The number of hydrogen-bond donors (Lipinski definition) is 1. The van der Waals surface area contributed by atoms with Crippen LogP contribution in [-0.4, -0.2) is 29.0 Å². The van der Waals surface area contributed by atoms with E-state index >= 15 is 0 Å². The number of pyridine rings is 1. The molecule has 1 N–H and O–H groups in total. The monoisotopic (exact) mass is 273 g/mol. The number of halogens is 2. The van der Waals surface area contributed by atoms with Crippen LogP contribution in [0.25, 0.3) is 0 Å². The van der Waals surface area contributed by atoms with Gasteiger partial charge >= 0.3 is 0 Å². The minimum absolute atomic E-state index is 0.196. The van der Waals surface area contributed by atoms with Gasteiger partial charge in [-0.1, -0.05) is 29.6 Å². The highest BCUT2D eigenvalue weighted by Gasteiger charge is 2.15. The fourth-order valence-corrected chi connectivity index (χ4v) is 2.03. The van der Waals surface area contributed by atoms with E-state index in [1.54, 1.807) is 0 Å². The van der Waals surface area contributed by atoms with Crippen molar-refractivity contribution in [3.05, 3.63) is 28.0 Å². The van der Waals surface area contributed by atoms with Crippen molar-refractivity contribution in [2.75, 3.05) is 13.1 Å². The molecule has 1 saturated heterocycles. The highest BCUT2D eigenvalue weighted by atomic mass is 35.5. The summed E-state index contributed by atoms with van der Waals surface area (Å²) < 4.78 is 0. The molecule has 1 amide bonds. The summed E-state index contributed by atoms with van der Waals surface area (Å²) in [6.45, 7) is 1.78. The van der Waals surface area contributed by atoms with E-state index in [0.29, 0.717) is 5.56 Å². The minimum atomic E-state index is -0.196. The number of nitrogens with zero attached hydrogens (tertiary/aromatic N) is 2. The zero-order chi connectivity index (χ0) is 12.3. The number of aromatic nitrogens is 1. The van der Waals surface area contributed by atoms with E-state index in [4.69, 9.17) is 23.2 Å². The summed E-state index contributed by atoms with van der Waals surface area (Å²) in [4.78, 5) is 15.7. The second-order valence-electron chi connectivity index (χ2n) is 3.99. The Morgan fingerprint density at radius 2 is 2.00 bits per heavy atom. The van der Waals surface area contributed by atoms with Gasteiger partial charge in [-0.15, -0.1) is 0 Å². The molecule has 0 aliphatic carbocycles. The van der Waals surface area contributed by atoms with Crippen LogP contribution < -0.4 is 5.43 Å². The van der Waals surface area contributed by atoms with Crippen LogP contribution in [0.5, 0.6) is 0 Å². The van der Waals surface area contributed by atoms with Crippen LogP contribution >= 0.6 is 23.2 Å². The highest BCUT2D eigenvalue weighted by molar-refractivity contribution is 6.41. The molecule has 0 spiro atoms. The lowest BCUT2D eigenvalue weighted by atomic mass is 10.2. The zero-order valence-corrected chi connectivity index (χ0v) is 10.8. The Morgan fingerprint density at radius 1 is 1.29 bits per heavy atom. The van der Waals surface area contributed by atoms with Crippen molar-refractivity contribution in [3.63, 3.8) is 0 Å². The summed E-state index contributed by atoms with van der Waals surface area (Å²) in [7, 11) is 0. The number of carbonyl (C=O) groups is 1. The van der Waals surface area contributed by atoms with Gasteiger partial charge in [-0.25, -0.2) is 9.99 Å². The average molecular weight is 274 g/mol. The van der Waals surface area contributed by atoms with Gasteiger partial charge in [0.2, 0.25) is 0 Å². The molecule has 2 heterocycles. The molecule has 1 aliphatic rings. The maximum absolute atomic E-state index is 11.9. The summed E-state index contributed by atoms with van der Waals surface area (Å²) in [5.74, 6) is -0.196. The van der Waals surface area contributed by atoms with Crippen molar-refractivity contribution < 1.29 is 4.79 Å². The first-order valence-corrected chi connectivity index (χ1v) is 6.29. The van der Waals surface area contributed by atoms with Crippen LogP contribution in [0.2, 0.25) is 10.2 Å². The lowest BCUT2D eigenvalue weighted by molar-refractivity contribution is 0.0749. The van der Waals surface area contributed by atoms with Gasteiger partial charge in [-0.3, -0.25) is 10.2 Å². The first-order valence-electron chi connectivity index (χ1n) is 5.54. The van der Waals surface area contributed by atoms with Crippen molar-refractivity contribution in [2.45, 2.75) is 19.3 Å². The van der Waals surface area contributed by atoms with Crippen molar-refractivity contribution in [1.82, 2.24) is 15.4 Å². The molecule has 17 heavy (non-hydrogen) atoms. The number of hydrogen-bond acceptors (Lipinski definition) is 3. The van der Waals surface area contributed by atoms with E-state index in [0.717, 1.165) is 25.9 Å². The fourth-order valence-electron chi connectivity index (χ4n) is 1.76. The predicted octanol–water partition coefficient (Wildman–Crippen LogP) is 2.52. The topological polar surface area (TPSA) is 45.2 Å². The summed E-state index contributed by atoms with van der Waals surface area (Å²) in [6.07, 6.45) is 4.87. The first kappa shape index (κ1) is 12.6. The quantitative estimate of drug-likeness (QED) is 0.843. The predicted molar refractivity (Wildman–Crippen MR) is 67.1 cm³/mol. The van der Waals surface area contributed by atoms with Crippen LogP contribution in [0.1, 0.15) is 29.6 Å². The molecule has 1 aromatic heterocycles. The van der Waals surface area contributed by atoms with Crippen LogP contribution in [0.15, 0.2) is 12.3 Å². The van der Waals surface area contributed by atoms with Crippen molar-refractivity contribution in [2.24, 2.45) is 0 Å². The molecule has 6 heteroatoms. The molecule has 0 aromatic carbocycles. The molecular formula is C11H13Cl2N3O. The van der Waals surface area contributed by atoms with Crippen LogP contribution in [0.4, 0.5) is 0 Å². The molecule has 92 valence electrons. The largest absolute Gasteiger partial charge is 0.285 e. The number of carbonyl (C=O) groups excluding carboxylic acids is 1. The third kappa shape index (κ3) is 3.31. The minimum Gasteiger partial charge on any atom is -0.285 e. The van der Waals surface area contributed by atoms with E-state index in [2.05, 4.69) is 10.4 Å². The fraction of sp³-hybridized carbons (Fsp3) is 0.455. The maximum Gasteiger partial charge on any atom is 0.267 e. The van der Waals surface area contributed by atoms with Gasteiger partial charge in [0, 0.05) is 19.3 Å². The van der Waals surface area contributed by atoms with Crippen molar-refractivity contribution in [3.8, 4) is 0 Å². The zero-order valence-electron chi connectivity index (χ0n) is 9.25. The molecule has 0 radical (unpaired) electrons. The number of hydrazine groups is 1. The molecule has 1 aromatic rings. The Labute approximate surface area is 110 Å². The van der Waals surface area contributed by atoms with Gasteiger partial charge < -0.3 is 0 Å². The molecule has 2 rings (SSSR count). The Kier molecular flexibility index (Phi) is 4.20. The molecule has 1 aliphatic heterocycles. The molecular weight excluding hydrogens is 261 g/mol. The Bertz CT molecular complexity index is 419. The van der Waals surface area contributed by atoms with Gasteiger partial charge in [0.25, 0.3) is 5.91 Å². The van der Waals surface area contributed by atoms with Gasteiger partial charge in [0.15, 0.2) is 0 Å².